The Morgan fingerprint density at radius 2 is 1.88 bits per heavy atom. The number of nitrogens with zero attached hydrogens (tertiary/aromatic N) is 1. The van der Waals surface area contributed by atoms with Gasteiger partial charge in [-0.05, 0) is 46.2 Å². The summed E-state index contributed by atoms with van der Waals surface area (Å²) < 4.78 is 10.6. The van der Waals surface area contributed by atoms with E-state index in [2.05, 4.69) is 10.5 Å². The van der Waals surface area contributed by atoms with Gasteiger partial charge in [0.05, 0.1) is 0 Å². The highest BCUT2D eigenvalue weighted by atomic mass is 35.5. The quantitative estimate of drug-likeness (QED) is 0.467. The fraction of sp³-hybridized carbons (Fsp3) is 0.421. The fourth-order valence-electron chi connectivity index (χ4n) is 2.29. The molecule has 0 atom stereocenters. The van der Waals surface area contributed by atoms with Crippen molar-refractivity contribution in [2.45, 2.75) is 39.7 Å². The third kappa shape index (κ3) is 5.08. The van der Waals surface area contributed by atoms with E-state index in [-0.39, 0.29) is 5.91 Å². The maximum atomic E-state index is 12.5. The molecule has 0 radical (unpaired) electrons. The van der Waals surface area contributed by atoms with Crippen molar-refractivity contribution in [3.05, 3.63) is 41.2 Å². The third-order valence-electron chi connectivity index (χ3n) is 3.48. The summed E-state index contributed by atoms with van der Waals surface area (Å²) in [4.78, 5) is 24.5. The molecule has 0 bridgehead atoms. The smallest absolute Gasteiger partial charge is 0.344 e. The lowest BCUT2D eigenvalue weighted by Crippen LogP contribution is -2.24. The molecule has 0 aliphatic carbocycles. The van der Waals surface area contributed by atoms with Crippen LogP contribution in [0.25, 0.3) is 11.3 Å². The Kier molecular flexibility index (Phi) is 6.42. The maximum absolute atomic E-state index is 12.5. The minimum absolute atomic E-state index is 0.176. The number of rotatable bonds is 6. The second kappa shape index (κ2) is 8.36. The van der Waals surface area contributed by atoms with E-state index in [9.17, 15) is 9.59 Å². The van der Waals surface area contributed by atoms with Crippen molar-refractivity contribution in [3.8, 4) is 11.3 Å². The summed E-state index contributed by atoms with van der Waals surface area (Å²) >= 11 is 5.60. The van der Waals surface area contributed by atoms with Crippen LogP contribution in [0.1, 0.15) is 53.7 Å². The number of hydrogen-bond acceptors (Lipinski definition) is 5. The predicted octanol–water partition coefficient (Wildman–Crippen LogP) is 3.96. The number of hydrogen-bond donors (Lipinski definition) is 1. The monoisotopic (exact) mass is 378 g/mol. The summed E-state index contributed by atoms with van der Waals surface area (Å²) in [6.45, 7) is 7.57. The van der Waals surface area contributed by atoms with E-state index in [0.29, 0.717) is 47.0 Å². The highest BCUT2D eigenvalue weighted by molar-refractivity contribution is 6.17. The van der Waals surface area contributed by atoms with Crippen LogP contribution in [0.2, 0.25) is 0 Å². The predicted molar refractivity (Wildman–Crippen MR) is 99.5 cm³/mol. The van der Waals surface area contributed by atoms with Gasteiger partial charge in [0.15, 0.2) is 0 Å². The van der Waals surface area contributed by atoms with Crippen LogP contribution in [0.4, 0.5) is 0 Å². The number of esters is 1. The van der Waals surface area contributed by atoms with Gasteiger partial charge in [-0.2, -0.15) is 0 Å². The number of carbonyl (C=O) groups excluding carboxylic acids is 2. The Hall–Kier alpha value is -2.34. The van der Waals surface area contributed by atoms with Gasteiger partial charge in [-0.3, -0.25) is 4.79 Å². The maximum Gasteiger partial charge on any atom is 0.344 e. The summed E-state index contributed by atoms with van der Waals surface area (Å²) in [5, 5.41) is 6.77. The van der Waals surface area contributed by atoms with Crippen molar-refractivity contribution in [3.63, 3.8) is 0 Å². The SMILES string of the molecule is Cc1onc(-c2ccc(C(=O)NCCCCl)cc2)c1C(=O)OC(C)(C)C. The van der Waals surface area contributed by atoms with Crippen molar-refractivity contribution < 1.29 is 18.8 Å². The summed E-state index contributed by atoms with van der Waals surface area (Å²) in [7, 11) is 0. The van der Waals surface area contributed by atoms with Crippen LogP contribution < -0.4 is 5.32 Å². The number of ether oxygens (including phenoxy) is 1. The standard InChI is InChI=1S/C19H23ClN2O4/c1-12-15(18(24)25-19(2,3)4)16(22-26-12)13-6-8-14(9-7-13)17(23)21-11-5-10-20/h6-9H,5,10-11H2,1-4H3,(H,21,23). The zero-order valence-electron chi connectivity index (χ0n) is 15.4. The highest BCUT2D eigenvalue weighted by Gasteiger charge is 2.26. The van der Waals surface area contributed by atoms with E-state index in [1.54, 1.807) is 52.0 Å². The normalized spacial score (nSPS) is 11.3. The van der Waals surface area contributed by atoms with Gasteiger partial charge in [-0.1, -0.05) is 17.3 Å². The lowest BCUT2D eigenvalue weighted by Gasteiger charge is -2.19. The first kappa shape index (κ1) is 20.0. The molecule has 1 aromatic heterocycles. The molecular weight excluding hydrogens is 356 g/mol. The number of nitrogens with one attached hydrogen (secondary N) is 1. The van der Waals surface area contributed by atoms with Gasteiger partial charge in [-0.15, -0.1) is 11.6 Å². The summed E-state index contributed by atoms with van der Waals surface area (Å²) in [6, 6.07) is 6.80. The molecule has 26 heavy (non-hydrogen) atoms. The van der Waals surface area contributed by atoms with Gasteiger partial charge in [0.2, 0.25) is 0 Å². The fourth-order valence-corrected chi connectivity index (χ4v) is 2.42. The molecule has 2 aromatic rings. The Bertz CT molecular complexity index is 776. The second-order valence-electron chi connectivity index (χ2n) is 6.84. The minimum Gasteiger partial charge on any atom is -0.456 e. The van der Waals surface area contributed by atoms with Gasteiger partial charge in [0.25, 0.3) is 5.91 Å². The number of benzene rings is 1. The molecule has 0 saturated heterocycles. The van der Waals surface area contributed by atoms with Crippen LogP contribution in [0, 0.1) is 6.92 Å². The topological polar surface area (TPSA) is 81.4 Å². The van der Waals surface area contributed by atoms with Crippen LogP contribution in [0.15, 0.2) is 28.8 Å². The molecule has 140 valence electrons. The Labute approximate surface area is 157 Å². The van der Waals surface area contributed by atoms with E-state index in [4.69, 9.17) is 20.9 Å². The molecule has 6 nitrogen and oxygen atoms in total. The lowest BCUT2D eigenvalue weighted by atomic mass is 10.0. The van der Waals surface area contributed by atoms with Crippen LogP contribution >= 0.6 is 11.6 Å². The second-order valence-corrected chi connectivity index (χ2v) is 7.22. The minimum atomic E-state index is -0.622. The van der Waals surface area contributed by atoms with Crippen LogP contribution in [-0.2, 0) is 4.74 Å². The van der Waals surface area contributed by atoms with Gasteiger partial charge in [-0.25, -0.2) is 4.79 Å². The first-order valence-corrected chi connectivity index (χ1v) is 8.90. The van der Waals surface area contributed by atoms with E-state index in [1.807, 2.05) is 0 Å². The van der Waals surface area contributed by atoms with E-state index in [1.165, 1.54) is 0 Å². The van der Waals surface area contributed by atoms with Gasteiger partial charge in [0.1, 0.15) is 22.6 Å². The molecule has 1 N–H and O–H groups in total. The summed E-state index contributed by atoms with van der Waals surface area (Å²) in [6.07, 6.45) is 0.711. The number of aryl methyl sites for hydroxylation is 1. The Balaban J connectivity index is 2.22. The van der Waals surface area contributed by atoms with Crippen molar-refractivity contribution in [2.75, 3.05) is 12.4 Å². The van der Waals surface area contributed by atoms with Crippen molar-refractivity contribution in [1.82, 2.24) is 10.5 Å². The van der Waals surface area contributed by atoms with Gasteiger partial charge < -0.3 is 14.6 Å². The zero-order valence-corrected chi connectivity index (χ0v) is 16.1. The van der Waals surface area contributed by atoms with Crippen LogP contribution in [0.5, 0.6) is 0 Å². The molecule has 0 saturated carbocycles. The molecule has 1 amide bonds. The summed E-state index contributed by atoms with van der Waals surface area (Å²) in [5.74, 6) is 0.217. The molecule has 0 aliphatic heterocycles. The van der Waals surface area contributed by atoms with Crippen LogP contribution in [0.3, 0.4) is 0 Å². The van der Waals surface area contributed by atoms with Crippen molar-refractivity contribution in [2.24, 2.45) is 0 Å². The molecule has 0 spiro atoms. The largest absolute Gasteiger partial charge is 0.456 e. The van der Waals surface area contributed by atoms with E-state index >= 15 is 0 Å². The van der Waals surface area contributed by atoms with Gasteiger partial charge >= 0.3 is 5.97 Å². The zero-order chi connectivity index (χ0) is 19.3. The van der Waals surface area contributed by atoms with Gasteiger partial charge in [0, 0.05) is 23.6 Å². The Morgan fingerprint density at radius 3 is 2.46 bits per heavy atom. The summed E-state index contributed by atoms with van der Waals surface area (Å²) in [5.41, 5.74) is 1.25. The first-order chi connectivity index (χ1) is 12.2. The van der Waals surface area contributed by atoms with Crippen molar-refractivity contribution >= 4 is 23.5 Å². The Morgan fingerprint density at radius 1 is 1.23 bits per heavy atom. The van der Waals surface area contributed by atoms with E-state index in [0.717, 1.165) is 0 Å². The number of alkyl halides is 1. The highest BCUT2D eigenvalue weighted by Crippen LogP contribution is 2.27. The lowest BCUT2D eigenvalue weighted by molar-refractivity contribution is 0.00685. The molecule has 1 heterocycles. The molecule has 1 aromatic carbocycles. The number of halogens is 1. The average Bonchev–Trinajstić information content (AvgIpc) is 2.95. The average molecular weight is 379 g/mol. The van der Waals surface area contributed by atoms with Crippen molar-refractivity contribution in [1.29, 1.82) is 0 Å². The third-order valence-corrected chi connectivity index (χ3v) is 3.75. The molecular formula is C19H23ClN2O4. The molecule has 2 rings (SSSR count). The number of amides is 1. The van der Waals surface area contributed by atoms with Crippen LogP contribution in [-0.4, -0.2) is 35.1 Å². The van der Waals surface area contributed by atoms with E-state index < -0.39 is 11.6 Å². The number of aromatic nitrogens is 1. The molecule has 0 aliphatic rings. The molecule has 0 unspecified atom stereocenters. The number of carbonyl (C=O) groups is 2. The first-order valence-electron chi connectivity index (χ1n) is 8.37. The molecule has 0 fully saturated rings. The molecule has 7 heteroatoms.